The van der Waals surface area contributed by atoms with E-state index in [1.165, 1.54) is 6.07 Å². The number of methoxy groups -OCH3 is 1. The molecule has 0 fully saturated rings. The van der Waals surface area contributed by atoms with Crippen molar-refractivity contribution in [3.8, 4) is 17.2 Å². The van der Waals surface area contributed by atoms with E-state index in [1.807, 2.05) is 18.2 Å². The number of amides is 1. The van der Waals surface area contributed by atoms with Crippen molar-refractivity contribution in [1.82, 2.24) is 5.32 Å². The van der Waals surface area contributed by atoms with E-state index in [-0.39, 0.29) is 35.0 Å². The molecule has 234 valence electrons. The van der Waals surface area contributed by atoms with E-state index >= 15 is 0 Å². The number of phenols is 2. The van der Waals surface area contributed by atoms with Crippen molar-refractivity contribution in [2.24, 2.45) is 0 Å². The quantitative estimate of drug-likeness (QED) is 0.188. The molecular formula is C35H41NO8. The Balaban J connectivity index is 1.67. The molecule has 44 heavy (non-hydrogen) atoms. The molecule has 3 aromatic rings. The van der Waals surface area contributed by atoms with E-state index in [2.05, 4.69) is 5.32 Å². The fourth-order valence-electron chi connectivity index (χ4n) is 5.44. The van der Waals surface area contributed by atoms with Crippen LogP contribution in [-0.4, -0.2) is 47.6 Å². The van der Waals surface area contributed by atoms with Crippen LogP contribution in [0.1, 0.15) is 97.0 Å². The molecule has 2 aromatic carbocycles. The topological polar surface area (TPSA) is 135 Å². The minimum atomic E-state index is -0.787. The number of ketones is 1. The van der Waals surface area contributed by atoms with Crippen molar-refractivity contribution < 1.29 is 38.5 Å². The number of rotatable bonds is 9. The Kier molecular flexibility index (Phi) is 11.6. The highest BCUT2D eigenvalue weighted by Crippen LogP contribution is 2.44. The van der Waals surface area contributed by atoms with Gasteiger partial charge in [-0.25, -0.2) is 4.79 Å². The zero-order chi connectivity index (χ0) is 31.5. The van der Waals surface area contributed by atoms with E-state index in [4.69, 9.17) is 13.9 Å². The number of Topliss-reactive ketones (excluding diaryl/α,β-unsaturated/α-hetero) is 1. The van der Waals surface area contributed by atoms with Gasteiger partial charge in [-0.1, -0.05) is 24.3 Å². The lowest BCUT2D eigenvalue weighted by molar-refractivity contribution is -0.121. The number of hydrogen-bond acceptors (Lipinski definition) is 8. The molecule has 2 unspecified atom stereocenters. The number of allylic oxidation sites excluding steroid dienone is 1. The van der Waals surface area contributed by atoms with Crippen LogP contribution in [0.4, 0.5) is 0 Å². The van der Waals surface area contributed by atoms with Gasteiger partial charge in [-0.2, -0.15) is 0 Å². The predicted molar refractivity (Wildman–Crippen MR) is 166 cm³/mol. The van der Waals surface area contributed by atoms with Crippen molar-refractivity contribution in [3.63, 3.8) is 0 Å². The number of phenolic OH excluding ortho intramolecular Hbond substituents is 2. The van der Waals surface area contributed by atoms with Crippen LogP contribution in [0.2, 0.25) is 0 Å². The summed E-state index contributed by atoms with van der Waals surface area (Å²) in [5, 5.41) is 25.9. The summed E-state index contributed by atoms with van der Waals surface area (Å²) in [5.41, 5.74) is 0.917. The van der Waals surface area contributed by atoms with Crippen LogP contribution >= 0.6 is 0 Å². The lowest BCUT2D eigenvalue weighted by Crippen LogP contribution is -2.27. The van der Waals surface area contributed by atoms with Gasteiger partial charge in [0, 0.05) is 43.7 Å². The van der Waals surface area contributed by atoms with Crippen LogP contribution in [0.25, 0.3) is 6.08 Å². The normalized spacial score (nSPS) is 16.8. The third-order valence-corrected chi connectivity index (χ3v) is 7.81. The number of cyclic esters (lactones) is 1. The van der Waals surface area contributed by atoms with Crippen LogP contribution in [0.5, 0.6) is 17.2 Å². The van der Waals surface area contributed by atoms with Crippen LogP contribution in [0, 0.1) is 0 Å². The summed E-state index contributed by atoms with van der Waals surface area (Å²) in [4.78, 5) is 38.8. The molecule has 0 radical (unpaired) electrons. The molecule has 1 amide bonds. The van der Waals surface area contributed by atoms with Gasteiger partial charge in [-0.3, -0.25) is 9.59 Å². The van der Waals surface area contributed by atoms with Gasteiger partial charge in [0.05, 0.1) is 19.5 Å². The summed E-state index contributed by atoms with van der Waals surface area (Å²) >= 11 is 0. The standard InChI is InChI=1S/C35H41NO8/c1-23-9-6-12-26(37)11-5-3-4-10-25-21-30(38)33(34(40)32(25)35(41)44-23)29(24-15-17-27(42-2)18-16-24)22-31(39)36-19-7-13-28-14-8-20-43-28/h4,8,10,14-18,20-21,23,29,38,40H,3,5-7,9,11-13,19,22H2,1-2H3,(H,36,39). The molecule has 1 aliphatic heterocycles. The van der Waals surface area contributed by atoms with E-state index in [0.29, 0.717) is 74.8 Å². The average Bonchev–Trinajstić information content (AvgIpc) is 3.52. The highest BCUT2D eigenvalue weighted by molar-refractivity contribution is 5.98. The van der Waals surface area contributed by atoms with Crippen molar-refractivity contribution in [1.29, 1.82) is 0 Å². The maximum atomic E-state index is 13.5. The van der Waals surface area contributed by atoms with Crippen molar-refractivity contribution in [3.05, 3.63) is 82.8 Å². The summed E-state index contributed by atoms with van der Waals surface area (Å²) in [6.45, 7) is 2.16. The minimum Gasteiger partial charge on any atom is -0.507 e. The van der Waals surface area contributed by atoms with Gasteiger partial charge in [0.2, 0.25) is 5.91 Å². The number of aryl methyl sites for hydroxylation is 1. The molecular weight excluding hydrogens is 562 g/mol. The number of fused-ring (bicyclic) bond motifs is 1. The Morgan fingerprint density at radius 2 is 1.89 bits per heavy atom. The molecule has 1 aliphatic rings. The Morgan fingerprint density at radius 1 is 1.11 bits per heavy atom. The number of carbonyl (C=O) groups is 3. The molecule has 0 bridgehead atoms. The van der Waals surface area contributed by atoms with E-state index in [9.17, 15) is 24.6 Å². The van der Waals surface area contributed by atoms with Crippen LogP contribution < -0.4 is 10.1 Å². The summed E-state index contributed by atoms with van der Waals surface area (Å²) in [7, 11) is 1.55. The zero-order valence-corrected chi connectivity index (χ0v) is 25.3. The average molecular weight is 604 g/mol. The molecule has 0 spiro atoms. The van der Waals surface area contributed by atoms with Gasteiger partial charge in [0.15, 0.2) is 0 Å². The second kappa shape index (κ2) is 15.8. The van der Waals surface area contributed by atoms with E-state index in [1.54, 1.807) is 50.6 Å². The molecule has 0 aliphatic carbocycles. The van der Waals surface area contributed by atoms with Gasteiger partial charge < -0.3 is 29.4 Å². The van der Waals surface area contributed by atoms with Crippen molar-refractivity contribution >= 4 is 23.7 Å². The first-order valence-electron chi connectivity index (χ1n) is 15.2. The zero-order valence-electron chi connectivity index (χ0n) is 25.3. The first-order chi connectivity index (χ1) is 21.3. The number of nitrogens with one attached hydrogen (secondary N) is 1. The largest absolute Gasteiger partial charge is 0.507 e. The van der Waals surface area contributed by atoms with Crippen LogP contribution in [0.15, 0.2) is 59.2 Å². The molecule has 9 heteroatoms. The molecule has 2 atom stereocenters. The van der Waals surface area contributed by atoms with Crippen LogP contribution in [0.3, 0.4) is 0 Å². The molecule has 4 rings (SSSR count). The summed E-state index contributed by atoms with van der Waals surface area (Å²) in [5.74, 6) is -0.879. The molecule has 2 heterocycles. The smallest absolute Gasteiger partial charge is 0.342 e. The fraction of sp³-hybridized carbons (Fsp3) is 0.400. The second-order valence-corrected chi connectivity index (χ2v) is 11.1. The van der Waals surface area contributed by atoms with Gasteiger partial charge in [0.1, 0.15) is 34.4 Å². The minimum absolute atomic E-state index is 0.0596. The third-order valence-electron chi connectivity index (χ3n) is 7.81. The van der Waals surface area contributed by atoms with Crippen molar-refractivity contribution in [2.45, 2.75) is 76.7 Å². The molecule has 3 N–H and O–H groups in total. The number of furan rings is 1. The molecule has 0 saturated carbocycles. The Morgan fingerprint density at radius 3 is 2.61 bits per heavy atom. The highest BCUT2D eigenvalue weighted by Gasteiger charge is 2.31. The van der Waals surface area contributed by atoms with Crippen LogP contribution in [-0.2, 0) is 20.7 Å². The molecule has 0 saturated heterocycles. The maximum absolute atomic E-state index is 13.5. The van der Waals surface area contributed by atoms with E-state index in [0.717, 1.165) is 5.76 Å². The lowest BCUT2D eigenvalue weighted by Gasteiger charge is -2.23. The van der Waals surface area contributed by atoms with Gasteiger partial charge >= 0.3 is 5.97 Å². The maximum Gasteiger partial charge on any atom is 0.342 e. The van der Waals surface area contributed by atoms with Gasteiger partial charge in [-0.15, -0.1) is 0 Å². The SMILES string of the molecule is COc1ccc(C(CC(=O)NCCCc2ccco2)c2c(O)cc3c(c2O)C(=O)OC(C)CCCC(=O)CCCC=C3)cc1. The summed E-state index contributed by atoms with van der Waals surface area (Å²) in [6.07, 6.45) is 9.08. The van der Waals surface area contributed by atoms with E-state index < -0.39 is 23.7 Å². The number of benzene rings is 2. The summed E-state index contributed by atoms with van der Waals surface area (Å²) in [6, 6.07) is 12.1. The van der Waals surface area contributed by atoms with Gasteiger partial charge in [-0.05, 0) is 80.5 Å². The van der Waals surface area contributed by atoms with Crippen molar-refractivity contribution in [2.75, 3.05) is 13.7 Å². The third kappa shape index (κ3) is 8.75. The lowest BCUT2D eigenvalue weighted by atomic mass is 9.84. The Labute approximate surface area is 257 Å². The first kappa shape index (κ1) is 32.4. The molecule has 1 aromatic heterocycles. The monoisotopic (exact) mass is 603 g/mol. The predicted octanol–water partition coefficient (Wildman–Crippen LogP) is 6.45. The number of ether oxygens (including phenoxy) is 2. The molecule has 9 nitrogen and oxygen atoms in total. The Hall–Kier alpha value is -4.53. The first-order valence-corrected chi connectivity index (χ1v) is 15.2. The fourth-order valence-corrected chi connectivity index (χ4v) is 5.44. The number of aromatic hydroxyl groups is 2. The Bertz CT molecular complexity index is 1440. The second-order valence-electron chi connectivity index (χ2n) is 11.1. The van der Waals surface area contributed by atoms with Gasteiger partial charge in [0.25, 0.3) is 0 Å². The highest BCUT2D eigenvalue weighted by atomic mass is 16.5. The number of esters is 1. The summed E-state index contributed by atoms with van der Waals surface area (Å²) < 4.78 is 16.3. The number of hydrogen-bond donors (Lipinski definition) is 3. The number of carbonyl (C=O) groups excluding carboxylic acids is 3.